The van der Waals surface area contributed by atoms with Gasteiger partial charge in [0, 0.05) is 19.2 Å². The first-order chi connectivity index (χ1) is 15.1. The summed E-state index contributed by atoms with van der Waals surface area (Å²) in [6.45, 7) is 5.28. The van der Waals surface area contributed by atoms with Crippen LogP contribution >= 0.6 is 0 Å². The molecule has 3 amide bonds. The molecule has 7 nitrogen and oxygen atoms in total. The van der Waals surface area contributed by atoms with Crippen LogP contribution in [0.3, 0.4) is 0 Å². The summed E-state index contributed by atoms with van der Waals surface area (Å²) in [5.74, 6) is -0.601. The molecular weight excluding hydrogens is 406 g/mol. The summed E-state index contributed by atoms with van der Waals surface area (Å²) < 4.78 is 5.34. The van der Waals surface area contributed by atoms with Gasteiger partial charge in [0.1, 0.15) is 17.7 Å². The topological polar surface area (TPSA) is 87.7 Å². The number of likely N-dealkylation sites (N-methyl/N-ethyl adjacent to an activating group) is 1. The molecule has 0 unspecified atom stereocenters. The van der Waals surface area contributed by atoms with Crippen LogP contribution < -0.4 is 15.5 Å². The molecule has 0 radical (unpaired) electrons. The second-order valence-corrected chi connectivity index (χ2v) is 9.01. The van der Waals surface area contributed by atoms with Gasteiger partial charge in [-0.1, -0.05) is 48.5 Å². The van der Waals surface area contributed by atoms with Crippen molar-refractivity contribution in [2.45, 2.75) is 57.7 Å². The van der Waals surface area contributed by atoms with E-state index in [1.807, 2.05) is 54.6 Å². The van der Waals surface area contributed by atoms with Crippen LogP contribution in [0.1, 0.15) is 38.3 Å². The zero-order valence-electron chi connectivity index (χ0n) is 19.1. The van der Waals surface area contributed by atoms with Crippen molar-refractivity contribution in [2.24, 2.45) is 0 Å². The highest BCUT2D eigenvalue weighted by atomic mass is 16.6. The average Bonchev–Trinajstić information content (AvgIpc) is 2.85. The molecule has 0 aromatic heterocycles. The maximum Gasteiger partial charge on any atom is 0.408 e. The minimum Gasteiger partial charge on any atom is -0.444 e. The largest absolute Gasteiger partial charge is 0.444 e. The van der Waals surface area contributed by atoms with Crippen LogP contribution in [0, 0.1) is 0 Å². The first-order valence-electron chi connectivity index (χ1n) is 10.8. The Bertz CT molecular complexity index is 969. The van der Waals surface area contributed by atoms with Gasteiger partial charge in [-0.15, -0.1) is 0 Å². The number of para-hydroxylation sites is 1. The second-order valence-electron chi connectivity index (χ2n) is 9.01. The summed E-state index contributed by atoms with van der Waals surface area (Å²) >= 11 is 0. The number of fused-ring (bicyclic) bond motifs is 1. The first-order valence-corrected chi connectivity index (χ1v) is 10.8. The number of hydrogen-bond acceptors (Lipinski definition) is 4. The lowest BCUT2D eigenvalue weighted by Crippen LogP contribution is -2.54. The summed E-state index contributed by atoms with van der Waals surface area (Å²) in [7, 11) is 1.71. The molecule has 0 saturated heterocycles. The Balaban J connectivity index is 1.75. The number of benzene rings is 2. The fourth-order valence-corrected chi connectivity index (χ4v) is 3.74. The van der Waals surface area contributed by atoms with E-state index in [1.54, 1.807) is 32.7 Å². The Kier molecular flexibility index (Phi) is 7.18. The molecule has 2 atom stereocenters. The fourth-order valence-electron chi connectivity index (χ4n) is 3.74. The Hall–Kier alpha value is -3.35. The number of nitrogens with zero attached hydrogens (tertiary/aromatic N) is 1. The second kappa shape index (κ2) is 9.85. The van der Waals surface area contributed by atoms with Crippen LogP contribution in [0.25, 0.3) is 0 Å². The van der Waals surface area contributed by atoms with Gasteiger partial charge >= 0.3 is 6.09 Å². The number of anilines is 1. The van der Waals surface area contributed by atoms with Gasteiger partial charge in [-0.3, -0.25) is 9.59 Å². The van der Waals surface area contributed by atoms with E-state index in [9.17, 15) is 14.4 Å². The molecule has 1 aliphatic rings. The number of alkyl carbamates (subject to hydrolysis) is 1. The fraction of sp³-hybridized carbons (Fsp3) is 0.400. The molecule has 170 valence electrons. The Morgan fingerprint density at radius 3 is 2.44 bits per heavy atom. The average molecular weight is 438 g/mol. The molecule has 2 aromatic rings. The smallest absolute Gasteiger partial charge is 0.408 e. The lowest BCUT2D eigenvalue weighted by atomic mass is 10.0. The first kappa shape index (κ1) is 23.3. The molecule has 0 bridgehead atoms. The molecule has 2 aromatic carbocycles. The van der Waals surface area contributed by atoms with Gasteiger partial charge in [-0.25, -0.2) is 4.79 Å². The predicted octanol–water partition coefficient (Wildman–Crippen LogP) is 3.22. The number of hydrogen-bond donors (Lipinski definition) is 2. The van der Waals surface area contributed by atoms with Crippen LogP contribution in [0.5, 0.6) is 0 Å². The van der Waals surface area contributed by atoms with E-state index in [0.717, 1.165) is 16.8 Å². The summed E-state index contributed by atoms with van der Waals surface area (Å²) in [6.07, 6.45) is 0.754. The summed E-state index contributed by atoms with van der Waals surface area (Å²) in [4.78, 5) is 40.2. The van der Waals surface area contributed by atoms with Crippen molar-refractivity contribution in [1.29, 1.82) is 0 Å². The molecule has 0 saturated carbocycles. The van der Waals surface area contributed by atoms with Crippen LogP contribution in [0.4, 0.5) is 10.5 Å². The number of ether oxygens (including phenoxy) is 1. The number of nitrogens with one attached hydrogen (secondary N) is 2. The quantitative estimate of drug-likeness (QED) is 0.752. The number of amides is 3. The van der Waals surface area contributed by atoms with Crippen LogP contribution in [0.2, 0.25) is 0 Å². The van der Waals surface area contributed by atoms with E-state index in [1.165, 1.54) is 0 Å². The Morgan fingerprint density at radius 1 is 1.09 bits per heavy atom. The van der Waals surface area contributed by atoms with Gasteiger partial charge in [0.05, 0.1) is 0 Å². The van der Waals surface area contributed by atoms with E-state index in [4.69, 9.17) is 4.74 Å². The number of rotatable bonds is 5. The SMILES string of the molecule is CN1C(=O)[C@H](NC(=O)[C@@H](Cc2ccccc2)NC(=O)OC(C)(C)C)CCc2ccccc21. The molecule has 7 heteroatoms. The summed E-state index contributed by atoms with van der Waals surface area (Å²) in [5, 5.41) is 5.53. The normalized spacial score (nSPS) is 17.1. The highest BCUT2D eigenvalue weighted by Gasteiger charge is 2.32. The molecular formula is C25H31N3O4. The van der Waals surface area contributed by atoms with E-state index in [-0.39, 0.29) is 12.3 Å². The molecule has 2 N–H and O–H groups in total. The summed E-state index contributed by atoms with van der Waals surface area (Å²) in [6, 6.07) is 15.6. The number of aryl methyl sites for hydroxylation is 1. The van der Waals surface area contributed by atoms with Gasteiger partial charge in [-0.2, -0.15) is 0 Å². The minimum atomic E-state index is -0.879. The Morgan fingerprint density at radius 2 is 1.75 bits per heavy atom. The lowest BCUT2D eigenvalue weighted by molar-refractivity contribution is -0.128. The van der Waals surface area contributed by atoms with E-state index < -0.39 is 29.7 Å². The molecule has 3 rings (SSSR count). The van der Waals surface area contributed by atoms with Crippen molar-refractivity contribution in [1.82, 2.24) is 10.6 Å². The maximum absolute atomic E-state index is 13.2. The third-order valence-corrected chi connectivity index (χ3v) is 5.29. The maximum atomic E-state index is 13.2. The zero-order chi connectivity index (χ0) is 23.3. The Labute approximate surface area is 189 Å². The van der Waals surface area contributed by atoms with Crippen molar-refractivity contribution < 1.29 is 19.1 Å². The monoisotopic (exact) mass is 437 g/mol. The lowest BCUT2D eigenvalue weighted by Gasteiger charge is -2.26. The third kappa shape index (κ3) is 6.09. The molecule has 32 heavy (non-hydrogen) atoms. The van der Waals surface area contributed by atoms with Crippen LogP contribution in [-0.2, 0) is 27.2 Å². The third-order valence-electron chi connectivity index (χ3n) is 5.29. The van der Waals surface area contributed by atoms with E-state index in [2.05, 4.69) is 10.6 Å². The van der Waals surface area contributed by atoms with E-state index >= 15 is 0 Å². The number of carbonyl (C=O) groups excluding carboxylic acids is 3. The van der Waals surface area contributed by atoms with Gasteiger partial charge in [-0.05, 0) is 50.8 Å². The van der Waals surface area contributed by atoms with Gasteiger partial charge in [0.2, 0.25) is 11.8 Å². The molecule has 0 aliphatic carbocycles. The van der Waals surface area contributed by atoms with Crippen molar-refractivity contribution >= 4 is 23.6 Å². The van der Waals surface area contributed by atoms with Crippen molar-refractivity contribution in [3.05, 3.63) is 65.7 Å². The van der Waals surface area contributed by atoms with Gasteiger partial charge in [0.25, 0.3) is 0 Å². The van der Waals surface area contributed by atoms with Crippen molar-refractivity contribution in [2.75, 3.05) is 11.9 Å². The minimum absolute atomic E-state index is 0.181. The van der Waals surface area contributed by atoms with E-state index in [0.29, 0.717) is 12.8 Å². The zero-order valence-corrected chi connectivity index (χ0v) is 19.1. The summed E-state index contributed by atoms with van der Waals surface area (Å²) in [5.41, 5.74) is 2.11. The van der Waals surface area contributed by atoms with Crippen LogP contribution in [0.15, 0.2) is 54.6 Å². The van der Waals surface area contributed by atoms with Crippen LogP contribution in [-0.4, -0.2) is 42.6 Å². The van der Waals surface area contributed by atoms with Crippen molar-refractivity contribution in [3.63, 3.8) is 0 Å². The molecule has 1 heterocycles. The number of carbonyl (C=O) groups is 3. The molecule has 0 fully saturated rings. The van der Waals surface area contributed by atoms with Gasteiger partial charge < -0.3 is 20.3 Å². The molecule has 1 aliphatic heterocycles. The highest BCUT2D eigenvalue weighted by molar-refractivity contribution is 6.00. The predicted molar refractivity (Wildman–Crippen MR) is 123 cm³/mol. The van der Waals surface area contributed by atoms with Gasteiger partial charge in [0.15, 0.2) is 0 Å². The standard InChI is InChI=1S/C25H31N3O4/c1-25(2,3)32-24(31)27-20(16-17-10-6-5-7-11-17)22(29)26-19-15-14-18-12-8-9-13-21(18)28(4)23(19)30/h5-13,19-20H,14-16H2,1-4H3,(H,26,29)(H,27,31)/t19-,20-/m1/s1. The van der Waals surface area contributed by atoms with Crippen molar-refractivity contribution in [3.8, 4) is 0 Å². The highest BCUT2D eigenvalue weighted by Crippen LogP contribution is 2.25. The molecule has 0 spiro atoms.